The summed E-state index contributed by atoms with van der Waals surface area (Å²) >= 11 is 1.52. The van der Waals surface area contributed by atoms with Crippen LogP contribution in [0.2, 0.25) is 0 Å². The van der Waals surface area contributed by atoms with Crippen molar-refractivity contribution in [1.82, 2.24) is 4.98 Å². The highest BCUT2D eigenvalue weighted by Crippen LogP contribution is 2.26. The van der Waals surface area contributed by atoms with Crippen LogP contribution in [0.4, 0.5) is 15.2 Å². The summed E-state index contributed by atoms with van der Waals surface area (Å²) in [6, 6.07) is 6.31. The molecule has 0 aliphatic rings. The lowest BCUT2D eigenvalue weighted by Gasteiger charge is -2.15. The molecule has 0 amide bonds. The Morgan fingerprint density at radius 1 is 1.38 bits per heavy atom. The maximum atomic E-state index is 12.8. The van der Waals surface area contributed by atoms with Gasteiger partial charge < -0.3 is 10.6 Å². The van der Waals surface area contributed by atoms with E-state index in [0.29, 0.717) is 6.54 Å². The maximum Gasteiger partial charge on any atom is 0.189 e. The molecule has 2 rings (SSSR count). The molecule has 1 heterocycles. The van der Waals surface area contributed by atoms with Crippen molar-refractivity contribution >= 4 is 22.2 Å². The smallest absolute Gasteiger partial charge is 0.189 e. The van der Waals surface area contributed by atoms with Crippen LogP contribution in [0.5, 0.6) is 0 Å². The third kappa shape index (κ3) is 2.20. The minimum atomic E-state index is -0.237. The number of hydrogen-bond donors (Lipinski definition) is 1. The van der Waals surface area contributed by atoms with E-state index in [1.54, 1.807) is 12.1 Å². The van der Waals surface area contributed by atoms with Crippen LogP contribution >= 0.6 is 11.3 Å². The van der Waals surface area contributed by atoms with Crippen molar-refractivity contribution < 1.29 is 4.39 Å². The van der Waals surface area contributed by atoms with Crippen LogP contribution in [-0.4, -0.2) is 12.0 Å². The predicted molar refractivity (Wildman–Crippen MR) is 64.5 cm³/mol. The number of anilines is 2. The SMILES string of the molecule is CN(c1ccc(F)cc1)c1nc(CN)cs1. The number of nitrogens with zero attached hydrogens (tertiary/aromatic N) is 2. The Kier molecular flexibility index (Phi) is 3.17. The first kappa shape index (κ1) is 11.0. The molecule has 84 valence electrons. The number of nitrogens with two attached hydrogens (primary N) is 1. The lowest BCUT2D eigenvalue weighted by atomic mass is 10.3. The summed E-state index contributed by atoms with van der Waals surface area (Å²) in [6.45, 7) is 0.438. The third-order valence-corrected chi connectivity index (χ3v) is 3.22. The Morgan fingerprint density at radius 3 is 2.62 bits per heavy atom. The van der Waals surface area contributed by atoms with E-state index in [0.717, 1.165) is 16.5 Å². The molecule has 0 radical (unpaired) electrons. The fraction of sp³-hybridized carbons (Fsp3) is 0.182. The fourth-order valence-corrected chi connectivity index (χ4v) is 2.14. The predicted octanol–water partition coefficient (Wildman–Crippen LogP) is 2.51. The molecule has 0 unspecified atom stereocenters. The number of aromatic nitrogens is 1. The molecule has 0 saturated carbocycles. The van der Waals surface area contributed by atoms with Crippen LogP contribution in [0.15, 0.2) is 29.6 Å². The van der Waals surface area contributed by atoms with E-state index in [9.17, 15) is 4.39 Å². The van der Waals surface area contributed by atoms with Crippen LogP contribution in [-0.2, 0) is 6.54 Å². The third-order valence-electron chi connectivity index (χ3n) is 2.25. The molecule has 0 spiro atoms. The van der Waals surface area contributed by atoms with E-state index in [2.05, 4.69) is 4.98 Å². The zero-order chi connectivity index (χ0) is 11.5. The molecule has 3 nitrogen and oxygen atoms in total. The Hall–Kier alpha value is -1.46. The number of thiazole rings is 1. The van der Waals surface area contributed by atoms with Gasteiger partial charge in [-0.1, -0.05) is 0 Å². The standard InChI is InChI=1S/C11H12FN3S/c1-15(10-4-2-8(12)3-5-10)11-14-9(6-13)7-16-11/h2-5,7H,6,13H2,1H3. The molecular weight excluding hydrogens is 225 g/mol. The topological polar surface area (TPSA) is 42.2 Å². The van der Waals surface area contributed by atoms with Crippen LogP contribution in [0.25, 0.3) is 0 Å². The number of rotatable bonds is 3. The van der Waals surface area contributed by atoms with Gasteiger partial charge in [0.25, 0.3) is 0 Å². The first-order valence-electron chi connectivity index (χ1n) is 4.84. The van der Waals surface area contributed by atoms with E-state index >= 15 is 0 Å². The number of halogens is 1. The van der Waals surface area contributed by atoms with Crippen molar-refractivity contribution in [2.75, 3.05) is 11.9 Å². The van der Waals surface area contributed by atoms with Crippen molar-refractivity contribution in [2.24, 2.45) is 5.73 Å². The van der Waals surface area contributed by atoms with Crippen LogP contribution < -0.4 is 10.6 Å². The first-order chi connectivity index (χ1) is 7.70. The molecule has 1 aromatic heterocycles. The second-order valence-corrected chi connectivity index (χ2v) is 4.20. The van der Waals surface area contributed by atoms with Gasteiger partial charge in [0.05, 0.1) is 5.69 Å². The summed E-state index contributed by atoms with van der Waals surface area (Å²) in [4.78, 5) is 6.26. The molecule has 0 aliphatic heterocycles. The summed E-state index contributed by atoms with van der Waals surface area (Å²) in [5, 5.41) is 2.78. The highest BCUT2D eigenvalue weighted by atomic mass is 32.1. The molecule has 0 saturated heterocycles. The highest BCUT2D eigenvalue weighted by Gasteiger charge is 2.08. The van der Waals surface area contributed by atoms with Gasteiger partial charge in [-0.2, -0.15) is 0 Å². The van der Waals surface area contributed by atoms with Crippen molar-refractivity contribution in [1.29, 1.82) is 0 Å². The Bertz CT molecular complexity index is 466. The zero-order valence-corrected chi connectivity index (χ0v) is 9.67. The normalized spacial score (nSPS) is 10.4. The molecule has 2 aromatic rings. The Labute approximate surface area is 97.3 Å². The van der Waals surface area contributed by atoms with E-state index in [4.69, 9.17) is 5.73 Å². The second kappa shape index (κ2) is 4.59. The first-order valence-corrected chi connectivity index (χ1v) is 5.72. The molecule has 0 aliphatic carbocycles. The molecule has 1 aromatic carbocycles. The quantitative estimate of drug-likeness (QED) is 0.891. The van der Waals surface area contributed by atoms with Gasteiger partial charge in [0, 0.05) is 24.7 Å². The fourth-order valence-electron chi connectivity index (χ4n) is 1.32. The van der Waals surface area contributed by atoms with Crippen LogP contribution in [0.1, 0.15) is 5.69 Å². The minimum absolute atomic E-state index is 0.237. The summed E-state index contributed by atoms with van der Waals surface area (Å²) < 4.78 is 12.8. The lowest BCUT2D eigenvalue weighted by Crippen LogP contribution is -2.09. The van der Waals surface area contributed by atoms with Crippen molar-refractivity contribution in [3.63, 3.8) is 0 Å². The lowest BCUT2D eigenvalue weighted by molar-refractivity contribution is 0.628. The minimum Gasteiger partial charge on any atom is -0.325 e. The molecule has 0 atom stereocenters. The summed E-state index contributed by atoms with van der Waals surface area (Å²) in [5.41, 5.74) is 7.27. The maximum absolute atomic E-state index is 12.8. The molecule has 5 heteroatoms. The van der Waals surface area contributed by atoms with Gasteiger partial charge in [-0.25, -0.2) is 9.37 Å². The molecule has 0 fully saturated rings. The van der Waals surface area contributed by atoms with Gasteiger partial charge in [0.2, 0.25) is 0 Å². The number of hydrogen-bond acceptors (Lipinski definition) is 4. The van der Waals surface area contributed by atoms with Crippen molar-refractivity contribution in [3.8, 4) is 0 Å². The van der Waals surface area contributed by atoms with Gasteiger partial charge in [-0.3, -0.25) is 0 Å². The average Bonchev–Trinajstić information content (AvgIpc) is 2.77. The highest BCUT2D eigenvalue weighted by molar-refractivity contribution is 7.13. The summed E-state index contributed by atoms with van der Waals surface area (Å²) in [7, 11) is 1.90. The van der Waals surface area contributed by atoms with Crippen molar-refractivity contribution in [2.45, 2.75) is 6.54 Å². The van der Waals surface area contributed by atoms with E-state index in [1.165, 1.54) is 23.5 Å². The average molecular weight is 237 g/mol. The van der Waals surface area contributed by atoms with Gasteiger partial charge in [0.15, 0.2) is 5.13 Å². The monoisotopic (exact) mass is 237 g/mol. The molecule has 0 bridgehead atoms. The molecule has 2 N–H and O–H groups in total. The van der Waals surface area contributed by atoms with E-state index in [1.807, 2.05) is 17.3 Å². The Balaban J connectivity index is 2.24. The zero-order valence-electron chi connectivity index (χ0n) is 8.85. The largest absolute Gasteiger partial charge is 0.325 e. The number of benzene rings is 1. The molecule has 16 heavy (non-hydrogen) atoms. The van der Waals surface area contributed by atoms with Gasteiger partial charge in [-0.15, -0.1) is 11.3 Å². The second-order valence-electron chi connectivity index (χ2n) is 3.36. The Morgan fingerprint density at radius 2 is 2.06 bits per heavy atom. The van der Waals surface area contributed by atoms with Gasteiger partial charge in [-0.05, 0) is 24.3 Å². The van der Waals surface area contributed by atoms with E-state index < -0.39 is 0 Å². The summed E-state index contributed by atoms with van der Waals surface area (Å²) in [5.74, 6) is -0.237. The molecular formula is C11H12FN3S. The summed E-state index contributed by atoms with van der Waals surface area (Å²) in [6.07, 6.45) is 0. The van der Waals surface area contributed by atoms with E-state index in [-0.39, 0.29) is 5.82 Å². The van der Waals surface area contributed by atoms with Crippen LogP contribution in [0, 0.1) is 5.82 Å². The van der Waals surface area contributed by atoms with Gasteiger partial charge >= 0.3 is 0 Å². The van der Waals surface area contributed by atoms with Gasteiger partial charge in [0.1, 0.15) is 5.82 Å². The van der Waals surface area contributed by atoms with Crippen LogP contribution in [0.3, 0.4) is 0 Å². The van der Waals surface area contributed by atoms with Crippen molar-refractivity contribution in [3.05, 3.63) is 41.2 Å².